The Hall–Kier alpha value is -1.15. The number of urea groups is 1. The lowest BCUT2D eigenvalue weighted by Crippen LogP contribution is -2.60. The van der Waals surface area contributed by atoms with E-state index in [4.69, 9.17) is 23.2 Å². The quantitative estimate of drug-likeness (QED) is 0.573. The largest absolute Gasteiger partial charge is 0.334 e. The number of likely N-dealkylation sites (tertiary alicyclic amines) is 1. The second kappa shape index (κ2) is 11.1. The molecule has 2 heterocycles. The van der Waals surface area contributed by atoms with E-state index in [1.54, 1.807) is 23.9 Å². The maximum Gasteiger partial charge on any atom is 0.317 e. The van der Waals surface area contributed by atoms with Crippen molar-refractivity contribution in [1.29, 1.82) is 0 Å². The molecule has 2 aliphatic heterocycles. The number of benzene rings is 1. The highest BCUT2D eigenvalue weighted by atomic mass is 35.5. The number of nitrogens with one attached hydrogen (secondary N) is 2. The van der Waals surface area contributed by atoms with Gasteiger partial charge in [-0.25, -0.2) is 4.79 Å². The molecule has 2 N–H and O–H groups in total. The van der Waals surface area contributed by atoms with Crippen molar-refractivity contribution in [2.45, 2.75) is 57.3 Å². The molecule has 3 amide bonds. The van der Waals surface area contributed by atoms with Crippen molar-refractivity contribution in [3.8, 4) is 0 Å². The Morgan fingerprint density at radius 3 is 2.68 bits per heavy atom. The lowest BCUT2D eigenvalue weighted by atomic mass is 9.95. The lowest BCUT2D eigenvalue weighted by Gasteiger charge is -2.44. The van der Waals surface area contributed by atoms with Gasteiger partial charge in [0.05, 0.1) is 21.7 Å². The first-order valence-electron chi connectivity index (χ1n) is 10.9. The van der Waals surface area contributed by atoms with E-state index in [0.717, 1.165) is 50.0 Å². The van der Waals surface area contributed by atoms with Crippen LogP contribution in [-0.4, -0.2) is 65.1 Å². The van der Waals surface area contributed by atoms with E-state index in [1.807, 2.05) is 11.0 Å². The van der Waals surface area contributed by atoms with Crippen molar-refractivity contribution in [2.75, 3.05) is 31.6 Å². The number of amides is 3. The molecule has 9 heteroatoms. The first kappa shape index (κ1) is 24.5. The third kappa shape index (κ3) is 5.81. The summed E-state index contributed by atoms with van der Waals surface area (Å²) in [7, 11) is 0. The summed E-state index contributed by atoms with van der Waals surface area (Å²) in [5.74, 6) is 1.18. The summed E-state index contributed by atoms with van der Waals surface area (Å²) in [5.41, 5.74) is 0.581. The first-order valence-corrected chi connectivity index (χ1v) is 13.1. The second-order valence-corrected chi connectivity index (χ2v) is 10.0. The number of hydrogen-bond donors (Lipinski definition) is 2. The standard InChI is InChI=1S/C22H32Cl2N4O2S/c1-3-4-10-28-20(29)19(7-13-31-2)26-22(28)8-11-27(12-9-22)21(30)25-15-16-5-6-17(23)18(24)14-16/h5-6,14,19,26H,3-4,7-13,15H2,1-2H3,(H,25,30). The smallest absolute Gasteiger partial charge is 0.317 e. The highest BCUT2D eigenvalue weighted by Gasteiger charge is 2.51. The molecule has 0 radical (unpaired) electrons. The maximum atomic E-state index is 13.1. The molecule has 172 valence electrons. The van der Waals surface area contributed by atoms with Crippen LogP contribution in [0.2, 0.25) is 10.0 Å². The number of hydrogen-bond acceptors (Lipinski definition) is 4. The van der Waals surface area contributed by atoms with Crippen molar-refractivity contribution in [3.63, 3.8) is 0 Å². The summed E-state index contributed by atoms with van der Waals surface area (Å²) in [5, 5.41) is 7.60. The lowest BCUT2D eigenvalue weighted by molar-refractivity contribution is -0.133. The zero-order valence-electron chi connectivity index (χ0n) is 18.3. The zero-order chi connectivity index (χ0) is 22.4. The van der Waals surface area contributed by atoms with Crippen LogP contribution < -0.4 is 10.6 Å². The maximum absolute atomic E-state index is 13.1. The third-order valence-electron chi connectivity index (χ3n) is 6.18. The van der Waals surface area contributed by atoms with Crippen molar-refractivity contribution < 1.29 is 9.59 Å². The van der Waals surface area contributed by atoms with Crippen LogP contribution in [0.5, 0.6) is 0 Å². The number of unbranched alkanes of at least 4 members (excludes halogenated alkanes) is 1. The van der Waals surface area contributed by atoms with Crippen LogP contribution in [-0.2, 0) is 11.3 Å². The van der Waals surface area contributed by atoms with Gasteiger partial charge >= 0.3 is 6.03 Å². The molecule has 2 fully saturated rings. The summed E-state index contributed by atoms with van der Waals surface area (Å²) in [6, 6.07) is 5.15. The molecule has 0 aromatic heterocycles. The predicted octanol–water partition coefficient (Wildman–Crippen LogP) is 4.35. The van der Waals surface area contributed by atoms with Crippen LogP contribution in [0.25, 0.3) is 0 Å². The minimum Gasteiger partial charge on any atom is -0.334 e. The molecular weight excluding hydrogens is 455 g/mol. The molecule has 2 saturated heterocycles. The fourth-order valence-corrected chi connectivity index (χ4v) is 5.16. The van der Waals surface area contributed by atoms with Gasteiger partial charge in [-0.05, 0) is 42.5 Å². The van der Waals surface area contributed by atoms with Crippen LogP contribution in [0.1, 0.15) is 44.6 Å². The Morgan fingerprint density at radius 1 is 1.29 bits per heavy atom. The van der Waals surface area contributed by atoms with Crippen molar-refractivity contribution >= 4 is 46.9 Å². The molecule has 3 rings (SSSR count). The summed E-state index contributed by atoms with van der Waals surface area (Å²) in [4.78, 5) is 29.7. The van der Waals surface area contributed by atoms with Gasteiger partial charge in [0, 0.05) is 39.0 Å². The van der Waals surface area contributed by atoms with E-state index in [9.17, 15) is 9.59 Å². The summed E-state index contributed by atoms with van der Waals surface area (Å²) in [6.07, 6.45) is 6.46. The molecule has 2 aliphatic rings. The van der Waals surface area contributed by atoms with Crippen molar-refractivity contribution in [1.82, 2.24) is 20.4 Å². The van der Waals surface area contributed by atoms with Crippen LogP contribution in [0.15, 0.2) is 18.2 Å². The fraction of sp³-hybridized carbons (Fsp3) is 0.636. The summed E-state index contributed by atoms with van der Waals surface area (Å²) >= 11 is 13.8. The number of carbonyl (C=O) groups excluding carboxylic acids is 2. The third-order valence-corrected chi connectivity index (χ3v) is 7.56. The number of rotatable bonds is 8. The van der Waals surface area contributed by atoms with Crippen molar-refractivity contribution in [2.24, 2.45) is 0 Å². The van der Waals surface area contributed by atoms with Gasteiger partial charge in [-0.1, -0.05) is 42.6 Å². The van der Waals surface area contributed by atoms with E-state index in [1.165, 1.54) is 0 Å². The molecule has 1 aromatic carbocycles. The van der Waals surface area contributed by atoms with Gasteiger partial charge in [-0.15, -0.1) is 0 Å². The molecule has 1 atom stereocenters. The molecular formula is C22H32Cl2N4O2S. The molecule has 0 aliphatic carbocycles. The molecule has 1 unspecified atom stereocenters. The molecule has 1 spiro atoms. The number of halogens is 2. The number of thioether (sulfide) groups is 1. The Morgan fingerprint density at radius 2 is 2.03 bits per heavy atom. The van der Waals surface area contributed by atoms with E-state index in [2.05, 4.69) is 28.7 Å². The topological polar surface area (TPSA) is 64.7 Å². The average molecular weight is 487 g/mol. The molecule has 0 bridgehead atoms. The average Bonchev–Trinajstić information content (AvgIpc) is 3.02. The molecule has 31 heavy (non-hydrogen) atoms. The van der Waals surface area contributed by atoms with Crippen LogP contribution in [0.4, 0.5) is 4.79 Å². The summed E-state index contributed by atoms with van der Waals surface area (Å²) < 4.78 is 0. The fourth-order valence-electron chi connectivity index (χ4n) is 4.37. The van der Waals surface area contributed by atoms with Gasteiger partial charge in [0.1, 0.15) is 0 Å². The van der Waals surface area contributed by atoms with Gasteiger partial charge in [0.15, 0.2) is 0 Å². The number of piperidine rings is 1. The normalized spacial score (nSPS) is 20.5. The number of carbonyl (C=O) groups is 2. The van der Waals surface area contributed by atoms with Gasteiger partial charge in [0.25, 0.3) is 0 Å². The Labute approximate surface area is 199 Å². The van der Waals surface area contributed by atoms with Gasteiger partial charge < -0.3 is 15.1 Å². The SMILES string of the molecule is CCCCN1C(=O)C(CCSC)NC12CCN(C(=O)NCc1ccc(Cl)c(Cl)c1)CC2. The Kier molecular flexibility index (Phi) is 8.79. The van der Waals surface area contributed by atoms with E-state index in [0.29, 0.717) is 29.7 Å². The zero-order valence-corrected chi connectivity index (χ0v) is 20.6. The van der Waals surface area contributed by atoms with Crippen LogP contribution in [0, 0.1) is 0 Å². The second-order valence-electron chi connectivity index (χ2n) is 8.25. The van der Waals surface area contributed by atoms with Crippen LogP contribution in [0.3, 0.4) is 0 Å². The summed E-state index contributed by atoms with van der Waals surface area (Å²) in [6.45, 7) is 4.55. The van der Waals surface area contributed by atoms with Crippen LogP contribution >= 0.6 is 35.0 Å². The van der Waals surface area contributed by atoms with Gasteiger partial charge in [-0.2, -0.15) is 11.8 Å². The Balaban J connectivity index is 1.58. The monoisotopic (exact) mass is 486 g/mol. The Bertz CT molecular complexity index is 787. The highest BCUT2D eigenvalue weighted by molar-refractivity contribution is 7.98. The first-order chi connectivity index (χ1) is 14.9. The van der Waals surface area contributed by atoms with Gasteiger partial charge in [0.2, 0.25) is 5.91 Å². The minimum absolute atomic E-state index is 0.0933. The molecule has 0 saturated carbocycles. The predicted molar refractivity (Wildman–Crippen MR) is 129 cm³/mol. The minimum atomic E-state index is -0.324. The van der Waals surface area contributed by atoms with E-state index >= 15 is 0 Å². The number of nitrogens with zero attached hydrogens (tertiary/aromatic N) is 2. The molecule has 1 aromatic rings. The van der Waals surface area contributed by atoms with Crippen molar-refractivity contribution in [3.05, 3.63) is 33.8 Å². The molecule has 6 nitrogen and oxygen atoms in total. The van der Waals surface area contributed by atoms with E-state index < -0.39 is 0 Å². The van der Waals surface area contributed by atoms with Gasteiger partial charge in [-0.3, -0.25) is 10.1 Å². The van der Waals surface area contributed by atoms with E-state index in [-0.39, 0.29) is 23.6 Å². The highest BCUT2D eigenvalue weighted by Crippen LogP contribution is 2.34.